The molecule has 0 amide bonds. The van der Waals surface area contributed by atoms with Gasteiger partial charge >= 0.3 is 11.9 Å². The predicted molar refractivity (Wildman–Crippen MR) is 99.7 cm³/mol. The standard InChI is InChI=1S/C18H14Cl2O5S/c19-13-7-6-12(8-14(13)20)18(22)25-15-10-26-16(24-15)9-23-17(21)11-4-2-1-3-5-11/h1-8,15-16H,9-10H2. The van der Waals surface area contributed by atoms with Gasteiger partial charge in [-0.15, -0.1) is 11.8 Å². The van der Waals surface area contributed by atoms with Crippen molar-refractivity contribution in [1.29, 1.82) is 0 Å². The molecule has 2 aromatic carbocycles. The van der Waals surface area contributed by atoms with Crippen molar-refractivity contribution >= 4 is 46.9 Å². The van der Waals surface area contributed by atoms with Gasteiger partial charge in [-0.1, -0.05) is 41.4 Å². The van der Waals surface area contributed by atoms with Gasteiger partial charge in [-0.25, -0.2) is 9.59 Å². The van der Waals surface area contributed by atoms with Crippen molar-refractivity contribution in [3.63, 3.8) is 0 Å². The van der Waals surface area contributed by atoms with E-state index < -0.39 is 23.7 Å². The number of carbonyl (C=O) groups excluding carboxylic acids is 2. The number of ether oxygens (including phenoxy) is 3. The highest BCUT2D eigenvalue weighted by Gasteiger charge is 2.30. The molecule has 2 unspecified atom stereocenters. The van der Waals surface area contributed by atoms with Crippen LogP contribution in [0.4, 0.5) is 0 Å². The molecule has 1 aliphatic heterocycles. The van der Waals surface area contributed by atoms with Crippen LogP contribution in [-0.4, -0.2) is 36.0 Å². The van der Waals surface area contributed by atoms with Crippen LogP contribution in [0.1, 0.15) is 20.7 Å². The van der Waals surface area contributed by atoms with Gasteiger partial charge in [0.05, 0.1) is 26.9 Å². The average Bonchev–Trinajstić information content (AvgIpc) is 3.10. The molecular formula is C18H14Cl2O5S. The first-order valence-electron chi connectivity index (χ1n) is 7.68. The van der Waals surface area contributed by atoms with Crippen LogP contribution in [0.3, 0.4) is 0 Å². The van der Waals surface area contributed by atoms with E-state index >= 15 is 0 Å². The van der Waals surface area contributed by atoms with Crippen LogP contribution < -0.4 is 0 Å². The van der Waals surface area contributed by atoms with Gasteiger partial charge in [-0.05, 0) is 30.3 Å². The summed E-state index contributed by atoms with van der Waals surface area (Å²) in [5.74, 6) is -0.539. The summed E-state index contributed by atoms with van der Waals surface area (Å²) in [5, 5.41) is 0.629. The molecule has 3 rings (SSSR count). The van der Waals surface area contributed by atoms with E-state index in [1.165, 1.54) is 30.0 Å². The number of rotatable bonds is 5. The van der Waals surface area contributed by atoms with Crippen LogP contribution in [0.2, 0.25) is 10.0 Å². The molecular weight excluding hydrogens is 399 g/mol. The number of hydrogen-bond acceptors (Lipinski definition) is 6. The fourth-order valence-corrected chi connectivity index (χ4v) is 3.38. The molecule has 1 fully saturated rings. The van der Waals surface area contributed by atoms with E-state index in [1.807, 2.05) is 6.07 Å². The second kappa shape index (κ2) is 8.77. The summed E-state index contributed by atoms with van der Waals surface area (Å²) in [6, 6.07) is 13.2. The van der Waals surface area contributed by atoms with E-state index in [2.05, 4.69) is 0 Å². The summed E-state index contributed by atoms with van der Waals surface area (Å²) in [5.41, 5.74) is 0.360. The Morgan fingerprint density at radius 2 is 1.81 bits per heavy atom. The third kappa shape index (κ3) is 4.92. The van der Waals surface area contributed by atoms with Crippen molar-refractivity contribution in [3.8, 4) is 0 Å². The summed E-state index contributed by atoms with van der Waals surface area (Å²) in [6.07, 6.45) is -0.720. The molecule has 1 aliphatic rings. The molecule has 26 heavy (non-hydrogen) atoms. The maximum Gasteiger partial charge on any atom is 0.340 e. The SMILES string of the molecule is O=C(OCC1OC(OC(=O)c2ccc(Cl)c(Cl)c2)CS1)c1ccccc1. The van der Waals surface area contributed by atoms with Gasteiger partial charge < -0.3 is 14.2 Å². The van der Waals surface area contributed by atoms with Gasteiger partial charge in [0.25, 0.3) is 0 Å². The lowest BCUT2D eigenvalue weighted by molar-refractivity contribution is -0.103. The van der Waals surface area contributed by atoms with E-state index in [0.717, 1.165) is 0 Å². The smallest absolute Gasteiger partial charge is 0.340 e. The maximum absolute atomic E-state index is 12.1. The van der Waals surface area contributed by atoms with Crippen LogP contribution in [0.25, 0.3) is 0 Å². The van der Waals surface area contributed by atoms with Crippen LogP contribution in [0, 0.1) is 0 Å². The highest BCUT2D eigenvalue weighted by atomic mass is 35.5. The Kier molecular flexibility index (Phi) is 6.43. The largest absolute Gasteiger partial charge is 0.458 e. The third-order valence-electron chi connectivity index (χ3n) is 3.48. The fourth-order valence-electron chi connectivity index (χ4n) is 2.19. The van der Waals surface area contributed by atoms with Crippen LogP contribution in [-0.2, 0) is 14.2 Å². The number of thioether (sulfide) groups is 1. The maximum atomic E-state index is 12.1. The van der Waals surface area contributed by atoms with E-state index in [-0.39, 0.29) is 17.2 Å². The molecule has 8 heteroatoms. The molecule has 0 saturated carbocycles. The second-order valence-electron chi connectivity index (χ2n) is 5.33. The Morgan fingerprint density at radius 3 is 2.54 bits per heavy atom. The molecule has 2 aromatic rings. The average molecular weight is 413 g/mol. The van der Waals surface area contributed by atoms with Gasteiger partial charge in [0.2, 0.25) is 6.29 Å². The lowest BCUT2D eigenvalue weighted by Crippen LogP contribution is -2.23. The van der Waals surface area contributed by atoms with Gasteiger partial charge in [-0.3, -0.25) is 0 Å². The second-order valence-corrected chi connectivity index (χ2v) is 7.33. The molecule has 0 N–H and O–H groups in total. The van der Waals surface area contributed by atoms with E-state index in [4.69, 9.17) is 37.4 Å². The summed E-state index contributed by atoms with van der Waals surface area (Å²) >= 11 is 13.1. The molecule has 5 nitrogen and oxygen atoms in total. The lowest BCUT2D eigenvalue weighted by Gasteiger charge is -2.14. The molecule has 2 atom stereocenters. The predicted octanol–water partition coefficient (Wildman–Crippen LogP) is 4.42. The van der Waals surface area contributed by atoms with Gasteiger partial charge in [0, 0.05) is 0 Å². The molecule has 0 aliphatic carbocycles. The van der Waals surface area contributed by atoms with Crippen molar-refractivity contribution in [2.24, 2.45) is 0 Å². The minimum absolute atomic E-state index is 0.0687. The topological polar surface area (TPSA) is 61.8 Å². The zero-order chi connectivity index (χ0) is 18.5. The highest BCUT2D eigenvalue weighted by molar-refractivity contribution is 8.00. The Balaban J connectivity index is 1.47. The minimum atomic E-state index is -0.720. The zero-order valence-corrected chi connectivity index (χ0v) is 15.7. The number of carbonyl (C=O) groups is 2. The van der Waals surface area contributed by atoms with Crippen LogP contribution >= 0.6 is 35.0 Å². The molecule has 0 aromatic heterocycles. The number of halogens is 2. The Hall–Kier alpha value is -1.73. The zero-order valence-electron chi connectivity index (χ0n) is 13.4. The van der Waals surface area contributed by atoms with Crippen molar-refractivity contribution in [2.45, 2.75) is 11.7 Å². The van der Waals surface area contributed by atoms with Crippen molar-refractivity contribution in [1.82, 2.24) is 0 Å². The highest BCUT2D eigenvalue weighted by Crippen LogP contribution is 2.28. The first-order valence-corrected chi connectivity index (χ1v) is 9.48. The Labute approximate surface area is 164 Å². The fraction of sp³-hybridized carbons (Fsp3) is 0.222. The van der Waals surface area contributed by atoms with Crippen LogP contribution in [0.15, 0.2) is 48.5 Å². The molecule has 136 valence electrons. The van der Waals surface area contributed by atoms with E-state index in [1.54, 1.807) is 24.3 Å². The van der Waals surface area contributed by atoms with Crippen molar-refractivity contribution in [3.05, 3.63) is 69.7 Å². The van der Waals surface area contributed by atoms with Crippen LogP contribution in [0.5, 0.6) is 0 Å². The first kappa shape index (κ1) is 19.0. The monoisotopic (exact) mass is 412 g/mol. The molecule has 1 heterocycles. The summed E-state index contributed by atoms with van der Waals surface area (Å²) in [7, 11) is 0. The number of benzene rings is 2. The number of esters is 2. The van der Waals surface area contributed by atoms with Gasteiger partial charge in [0.1, 0.15) is 12.0 Å². The Bertz CT molecular complexity index is 799. The summed E-state index contributed by atoms with van der Waals surface area (Å²) < 4.78 is 16.1. The minimum Gasteiger partial charge on any atom is -0.458 e. The third-order valence-corrected chi connectivity index (χ3v) is 5.30. The lowest BCUT2D eigenvalue weighted by atomic mass is 10.2. The molecule has 0 bridgehead atoms. The molecule has 0 radical (unpaired) electrons. The number of hydrogen-bond donors (Lipinski definition) is 0. The van der Waals surface area contributed by atoms with E-state index in [0.29, 0.717) is 16.3 Å². The molecule has 0 spiro atoms. The summed E-state index contributed by atoms with van der Waals surface area (Å²) in [6.45, 7) is 0.0687. The van der Waals surface area contributed by atoms with Gasteiger partial charge in [0.15, 0.2) is 0 Å². The quantitative estimate of drug-likeness (QED) is 0.677. The molecule has 1 saturated heterocycles. The van der Waals surface area contributed by atoms with Gasteiger partial charge in [-0.2, -0.15) is 0 Å². The first-order chi connectivity index (χ1) is 12.5. The van der Waals surface area contributed by atoms with Crippen molar-refractivity contribution < 1.29 is 23.8 Å². The Morgan fingerprint density at radius 1 is 1.04 bits per heavy atom. The van der Waals surface area contributed by atoms with E-state index in [9.17, 15) is 9.59 Å². The summed E-state index contributed by atoms with van der Waals surface area (Å²) in [4.78, 5) is 24.0. The normalized spacial score (nSPS) is 19.2. The van der Waals surface area contributed by atoms with Crippen molar-refractivity contribution in [2.75, 3.05) is 12.4 Å².